The molecule has 0 aliphatic heterocycles. The fourth-order valence-electron chi connectivity index (χ4n) is 0.779. The largest absolute Gasteiger partial charge is 0.479 e. The van der Waals surface area contributed by atoms with Gasteiger partial charge < -0.3 is 20.8 Å². The summed E-state index contributed by atoms with van der Waals surface area (Å²) in [5.74, 6) is 0.987. The van der Waals surface area contributed by atoms with Gasteiger partial charge in [0.2, 0.25) is 0 Å². The molecule has 0 fully saturated rings. The third-order valence-corrected chi connectivity index (χ3v) is 1.54. The Kier molecular flexibility index (Phi) is 5.90. The van der Waals surface area contributed by atoms with Crippen molar-refractivity contribution < 1.29 is 19.8 Å². The topological polar surface area (TPSA) is 98.7 Å². The first-order valence-corrected chi connectivity index (χ1v) is 4.36. The molecule has 2 atom stereocenters. The Bertz CT molecular complexity index is 272. The Hall–Kier alpha value is -1.74. The van der Waals surface area contributed by atoms with E-state index in [2.05, 4.69) is 16.6 Å². The maximum absolute atomic E-state index is 11.1. The smallest absolute Gasteiger partial charge is 0.334 e. The zero-order valence-corrected chi connectivity index (χ0v) is 8.36. The van der Waals surface area contributed by atoms with Gasteiger partial charge in [-0.05, 0) is 6.92 Å². The maximum atomic E-state index is 11.1. The molecule has 0 bridgehead atoms. The molecule has 0 aliphatic rings. The van der Waals surface area contributed by atoms with E-state index in [1.807, 2.05) is 0 Å². The Morgan fingerprint density at radius 3 is 2.60 bits per heavy atom. The minimum atomic E-state index is -1.60. The molecule has 0 saturated heterocycles. The molecule has 0 saturated carbocycles. The van der Waals surface area contributed by atoms with Gasteiger partial charge in [-0.3, -0.25) is 0 Å². The van der Waals surface area contributed by atoms with Gasteiger partial charge >= 0.3 is 12.0 Å². The summed E-state index contributed by atoms with van der Waals surface area (Å²) in [6, 6.07) is -0.755. The Morgan fingerprint density at radius 1 is 1.53 bits per heavy atom. The summed E-state index contributed by atoms with van der Waals surface area (Å²) in [4.78, 5) is 21.2. The first-order chi connectivity index (χ1) is 6.97. The van der Waals surface area contributed by atoms with Gasteiger partial charge in [0.25, 0.3) is 0 Å². The SMILES string of the molecule is C#CCC(C)NC(=O)NCC(O)C(=O)O. The summed E-state index contributed by atoms with van der Waals surface area (Å²) >= 11 is 0. The fourth-order valence-corrected chi connectivity index (χ4v) is 0.779. The number of aliphatic hydroxyl groups excluding tert-OH is 1. The van der Waals surface area contributed by atoms with Crippen molar-refractivity contribution in [1.29, 1.82) is 0 Å². The van der Waals surface area contributed by atoms with Crippen LogP contribution in [-0.2, 0) is 4.79 Å². The van der Waals surface area contributed by atoms with E-state index < -0.39 is 18.1 Å². The first-order valence-electron chi connectivity index (χ1n) is 4.36. The molecule has 6 heteroatoms. The number of aliphatic hydroxyl groups is 1. The van der Waals surface area contributed by atoms with Gasteiger partial charge in [-0.25, -0.2) is 9.59 Å². The van der Waals surface area contributed by atoms with Gasteiger partial charge in [0.15, 0.2) is 6.10 Å². The van der Waals surface area contributed by atoms with Crippen molar-refractivity contribution in [3.63, 3.8) is 0 Å². The molecule has 6 nitrogen and oxygen atoms in total. The van der Waals surface area contributed by atoms with Crippen LogP contribution in [0.5, 0.6) is 0 Å². The lowest BCUT2D eigenvalue weighted by Gasteiger charge is -2.12. The van der Waals surface area contributed by atoms with Crippen LogP contribution in [0.2, 0.25) is 0 Å². The van der Waals surface area contributed by atoms with Crippen LogP contribution >= 0.6 is 0 Å². The molecule has 4 N–H and O–H groups in total. The molecule has 2 amide bonds. The highest BCUT2D eigenvalue weighted by Gasteiger charge is 2.14. The summed E-state index contributed by atoms with van der Waals surface area (Å²) < 4.78 is 0. The van der Waals surface area contributed by atoms with Crippen molar-refractivity contribution in [2.24, 2.45) is 0 Å². The summed E-state index contributed by atoms with van der Waals surface area (Å²) in [6.45, 7) is 1.37. The molecule has 0 radical (unpaired) electrons. The van der Waals surface area contributed by atoms with Gasteiger partial charge in [0, 0.05) is 12.5 Å². The van der Waals surface area contributed by atoms with E-state index in [4.69, 9.17) is 16.6 Å². The molecule has 2 unspecified atom stereocenters. The zero-order valence-electron chi connectivity index (χ0n) is 8.36. The highest BCUT2D eigenvalue weighted by molar-refractivity contribution is 5.76. The predicted octanol–water partition coefficient (Wildman–Crippen LogP) is -0.857. The van der Waals surface area contributed by atoms with Crippen molar-refractivity contribution in [1.82, 2.24) is 10.6 Å². The predicted molar refractivity (Wildman–Crippen MR) is 53.1 cm³/mol. The number of amides is 2. The molecule has 0 aromatic carbocycles. The number of carboxylic acids is 1. The van der Waals surface area contributed by atoms with E-state index in [0.717, 1.165) is 0 Å². The average molecular weight is 214 g/mol. The first kappa shape index (κ1) is 13.3. The van der Waals surface area contributed by atoms with E-state index in [-0.39, 0.29) is 12.6 Å². The molecule has 84 valence electrons. The number of terminal acetylenes is 1. The maximum Gasteiger partial charge on any atom is 0.334 e. The number of urea groups is 1. The van der Waals surface area contributed by atoms with Gasteiger partial charge in [0.05, 0.1) is 6.54 Å². The van der Waals surface area contributed by atoms with Crippen molar-refractivity contribution in [3.05, 3.63) is 0 Å². The average Bonchev–Trinajstić information content (AvgIpc) is 2.14. The number of hydrogen-bond acceptors (Lipinski definition) is 3. The molecule has 15 heavy (non-hydrogen) atoms. The third kappa shape index (κ3) is 6.35. The second-order valence-corrected chi connectivity index (χ2v) is 3.02. The molecule has 0 aromatic heterocycles. The van der Waals surface area contributed by atoms with Crippen molar-refractivity contribution in [2.75, 3.05) is 6.54 Å². The van der Waals surface area contributed by atoms with E-state index in [0.29, 0.717) is 6.42 Å². The normalized spacial score (nSPS) is 13.4. The number of carbonyl (C=O) groups excluding carboxylic acids is 1. The summed E-state index contributed by atoms with van der Waals surface area (Å²) in [6.07, 6.45) is 3.81. The Balaban J connectivity index is 3.76. The number of hydrogen-bond donors (Lipinski definition) is 4. The standard InChI is InChI=1S/C9H14N2O4/c1-3-4-6(2)11-9(15)10-5-7(12)8(13)14/h1,6-7,12H,4-5H2,2H3,(H,13,14)(H2,10,11,15). The van der Waals surface area contributed by atoms with E-state index in [1.165, 1.54) is 0 Å². The monoisotopic (exact) mass is 214 g/mol. The molecular formula is C9H14N2O4. The molecule has 0 rings (SSSR count). The summed E-state index contributed by atoms with van der Waals surface area (Å²) in [5.41, 5.74) is 0. The van der Waals surface area contributed by atoms with Gasteiger partial charge in [0.1, 0.15) is 0 Å². The minimum Gasteiger partial charge on any atom is -0.479 e. The van der Waals surface area contributed by atoms with Crippen LogP contribution in [0.15, 0.2) is 0 Å². The molecule has 0 aliphatic carbocycles. The number of rotatable bonds is 5. The number of nitrogens with one attached hydrogen (secondary N) is 2. The van der Waals surface area contributed by atoms with Crippen LogP contribution in [0.25, 0.3) is 0 Å². The van der Waals surface area contributed by atoms with Crippen molar-refractivity contribution in [2.45, 2.75) is 25.5 Å². The van der Waals surface area contributed by atoms with Gasteiger partial charge in [-0.1, -0.05) is 0 Å². The summed E-state index contributed by atoms with van der Waals surface area (Å²) in [5, 5.41) is 21.8. The fraction of sp³-hybridized carbons (Fsp3) is 0.556. The molecule has 0 aromatic rings. The van der Waals surface area contributed by atoms with Crippen molar-refractivity contribution >= 4 is 12.0 Å². The minimum absolute atomic E-state index is 0.197. The Morgan fingerprint density at radius 2 is 2.13 bits per heavy atom. The number of carboxylic acid groups (broad SMARTS) is 1. The van der Waals surface area contributed by atoms with Crippen LogP contribution in [0.1, 0.15) is 13.3 Å². The van der Waals surface area contributed by atoms with Crippen LogP contribution in [-0.4, -0.2) is 40.9 Å². The lowest BCUT2D eigenvalue weighted by atomic mass is 10.2. The van der Waals surface area contributed by atoms with Crippen LogP contribution in [0.3, 0.4) is 0 Å². The Labute approximate surface area is 87.7 Å². The van der Waals surface area contributed by atoms with Gasteiger partial charge in [-0.2, -0.15) is 0 Å². The number of carbonyl (C=O) groups is 2. The van der Waals surface area contributed by atoms with Crippen LogP contribution < -0.4 is 10.6 Å². The van der Waals surface area contributed by atoms with Gasteiger partial charge in [-0.15, -0.1) is 12.3 Å². The van der Waals surface area contributed by atoms with E-state index >= 15 is 0 Å². The zero-order chi connectivity index (χ0) is 11.8. The quantitative estimate of drug-likeness (QED) is 0.448. The van der Waals surface area contributed by atoms with E-state index in [1.54, 1.807) is 6.92 Å². The number of aliphatic carboxylic acids is 1. The lowest BCUT2D eigenvalue weighted by molar-refractivity contribution is -0.146. The lowest BCUT2D eigenvalue weighted by Crippen LogP contribution is -2.44. The molecular weight excluding hydrogens is 200 g/mol. The molecule has 0 heterocycles. The summed E-state index contributed by atoms with van der Waals surface area (Å²) in [7, 11) is 0. The second kappa shape index (κ2) is 6.68. The second-order valence-electron chi connectivity index (χ2n) is 3.02. The van der Waals surface area contributed by atoms with Crippen LogP contribution in [0, 0.1) is 12.3 Å². The highest BCUT2D eigenvalue weighted by atomic mass is 16.4. The third-order valence-electron chi connectivity index (χ3n) is 1.54. The molecule has 0 spiro atoms. The van der Waals surface area contributed by atoms with E-state index in [9.17, 15) is 9.59 Å². The van der Waals surface area contributed by atoms with Crippen LogP contribution in [0.4, 0.5) is 4.79 Å². The highest BCUT2D eigenvalue weighted by Crippen LogP contribution is 1.87. The van der Waals surface area contributed by atoms with Crippen molar-refractivity contribution in [3.8, 4) is 12.3 Å².